The van der Waals surface area contributed by atoms with Gasteiger partial charge in [-0.15, -0.1) is 13.2 Å². The fourth-order valence-corrected chi connectivity index (χ4v) is 7.98. The number of fused-ring (bicyclic) bond motifs is 1. The number of unbranched alkanes of at least 4 members (excludes halogenated alkanes) is 2. The number of aryl methyl sites for hydroxylation is 2. The molecule has 8 nitrogen and oxygen atoms in total. The number of anilines is 1. The van der Waals surface area contributed by atoms with E-state index in [4.69, 9.17) is 9.47 Å². The third-order valence-corrected chi connectivity index (χ3v) is 10.2. The van der Waals surface area contributed by atoms with E-state index in [1.807, 2.05) is 52.0 Å². The maximum atomic E-state index is 14.9. The number of benzene rings is 1. The number of esters is 1. The molecule has 2 bridgehead atoms. The molecule has 3 aliphatic rings. The summed E-state index contributed by atoms with van der Waals surface area (Å²) in [6, 6.07) is 4.27. The molecule has 1 aromatic carbocycles. The SMILES string of the molecule is C=CCCCCOC(=O)[C@H]1[C@H]2C(=O)N([C@@H](CO)[C@@H](C)CC)C(C(=O)N(CC=C)c3cc(C)ccc3C)C23CC(Br)[C@@H]1O3. The molecular formula is C33H45BrN2O6. The van der Waals surface area contributed by atoms with Gasteiger partial charge in [-0.2, -0.15) is 0 Å². The number of carbonyl (C=O) groups excluding carboxylic acids is 3. The van der Waals surface area contributed by atoms with E-state index in [1.54, 1.807) is 15.9 Å². The highest BCUT2D eigenvalue weighted by Crippen LogP contribution is 2.61. The first-order valence-electron chi connectivity index (χ1n) is 15.1. The van der Waals surface area contributed by atoms with Crippen LogP contribution in [0.4, 0.5) is 5.69 Å². The molecule has 3 heterocycles. The first kappa shape index (κ1) is 32.4. The lowest BCUT2D eigenvalue weighted by Gasteiger charge is -2.41. The van der Waals surface area contributed by atoms with Gasteiger partial charge in [0, 0.05) is 17.1 Å². The molecule has 1 spiro atoms. The Bertz CT molecular complexity index is 1200. The molecule has 0 radical (unpaired) electrons. The number of nitrogens with zero attached hydrogens (tertiary/aromatic N) is 2. The quantitative estimate of drug-likeness (QED) is 0.134. The molecule has 3 unspecified atom stereocenters. The van der Waals surface area contributed by atoms with Crippen LogP contribution in [0.2, 0.25) is 0 Å². The summed E-state index contributed by atoms with van der Waals surface area (Å²) in [5, 5.41) is 10.6. The molecule has 4 rings (SSSR count). The predicted octanol–water partition coefficient (Wildman–Crippen LogP) is 4.88. The number of carbonyl (C=O) groups is 3. The first-order chi connectivity index (χ1) is 20.1. The van der Waals surface area contributed by atoms with Gasteiger partial charge in [0.05, 0.1) is 37.2 Å². The van der Waals surface area contributed by atoms with Crippen LogP contribution in [0.1, 0.15) is 57.1 Å². The molecule has 0 aliphatic carbocycles. The molecule has 3 fully saturated rings. The van der Waals surface area contributed by atoms with Gasteiger partial charge in [0.25, 0.3) is 5.91 Å². The monoisotopic (exact) mass is 644 g/mol. The van der Waals surface area contributed by atoms with Crippen molar-refractivity contribution in [3.63, 3.8) is 0 Å². The minimum Gasteiger partial charge on any atom is -0.465 e. The Morgan fingerprint density at radius 2 is 2.02 bits per heavy atom. The number of aliphatic hydroxyl groups is 1. The van der Waals surface area contributed by atoms with Crippen molar-refractivity contribution in [1.82, 2.24) is 4.90 Å². The third kappa shape index (κ3) is 5.60. The average molecular weight is 646 g/mol. The Balaban J connectivity index is 1.79. The zero-order valence-electron chi connectivity index (χ0n) is 25.3. The lowest BCUT2D eigenvalue weighted by molar-refractivity contribution is -0.156. The number of ether oxygens (including phenoxy) is 2. The molecule has 3 saturated heterocycles. The minimum absolute atomic E-state index is 0.0923. The Morgan fingerprint density at radius 1 is 1.29 bits per heavy atom. The third-order valence-electron chi connectivity index (χ3n) is 9.36. The molecule has 8 atom stereocenters. The topological polar surface area (TPSA) is 96.4 Å². The number of alkyl halides is 1. The van der Waals surface area contributed by atoms with Crippen LogP contribution in [-0.2, 0) is 23.9 Å². The summed E-state index contributed by atoms with van der Waals surface area (Å²) >= 11 is 3.72. The van der Waals surface area contributed by atoms with E-state index in [2.05, 4.69) is 29.1 Å². The van der Waals surface area contributed by atoms with Crippen LogP contribution in [0, 0.1) is 31.6 Å². The molecule has 0 aromatic heterocycles. The summed E-state index contributed by atoms with van der Waals surface area (Å²) in [5.41, 5.74) is 1.40. The second-order valence-electron chi connectivity index (χ2n) is 12.0. The Hall–Kier alpha value is -2.49. The zero-order chi connectivity index (χ0) is 30.8. The van der Waals surface area contributed by atoms with Crippen molar-refractivity contribution in [3.8, 4) is 0 Å². The summed E-state index contributed by atoms with van der Waals surface area (Å²) in [4.78, 5) is 45.9. The second kappa shape index (κ2) is 13.4. The summed E-state index contributed by atoms with van der Waals surface area (Å²) in [6.07, 6.45) is 6.36. The van der Waals surface area contributed by atoms with Crippen LogP contribution in [0.5, 0.6) is 0 Å². The van der Waals surface area contributed by atoms with Crippen molar-refractivity contribution in [2.45, 2.75) is 88.4 Å². The van der Waals surface area contributed by atoms with Gasteiger partial charge < -0.3 is 24.4 Å². The Kier molecular flexibility index (Phi) is 10.4. The van der Waals surface area contributed by atoms with E-state index in [9.17, 15) is 19.5 Å². The van der Waals surface area contributed by atoms with Crippen LogP contribution in [-0.4, -0.2) is 76.2 Å². The van der Waals surface area contributed by atoms with Crippen molar-refractivity contribution in [2.75, 3.05) is 24.7 Å². The number of halogens is 1. The molecule has 230 valence electrons. The Morgan fingerprint density at radius 3 is 2.67 bits per heavy atom. The van der Waals surface area contributed by atoms with Crippen molar-refractivity contribution in [2.24, 2.45) is 17.8 Å². The van der Waals surface area contributed by atoms with E-state index >= 15 is 0 Å². The summed E-state index contributed by atoms with van der Waals surface area (Å²) in [6.45, 7) is 15.7. The van der Waals surface area contributed by atoms with Crippen molar-refractivity contribution in [3.05, 3.63) is 54.6 Å². The summed E-state index contributed by atoms with van der Waals surface area (Å²) < 4.78 is 12.4. The van der Waals surface area contributed by atoms with Gasteiger partial charge in [0.15, 0.2) is 0 Å². The summed E-state index contributed by atoms with van der Waals surface area (Å²) in [5.74, 6) is -2.93. The van der Waals surface area contributed by atoms with E-state index in [1.165, 1.54) is 0 Å². The van der Waals surface area contributed by atoms with Crippen molar-refractivity contribution >= 4 is 39.4 Å². The van der Waals surface area contributed by atoms with E-state index in [0.717, 1.165) is 29.7 Å². The standard InChI is InChI=1S/C33H45BrN2O6/c1-7-10-11-12-16-41-32(40)26-27-30(38)36(25(19-37)21(5)9-3)29(33(27)18-23(34)28(26)42-33)31(39)35(15-8-2)24-17-20(4)13-14-22(24)6/h7-8,13-14,17,21,23,25-29,37H,1-2,9-12,15-16,18-19H2,3-6H3/t21-,23?,25-,26-,27-,28-,29?,33?/m0/s1. The van der Waals surface area contributed by atoms with Gasteiger partial charge in [-0.25, -0.2) is 0 Å². The van der Waals surface area contributed by atoms with Crippen molar-refractivity contribution < 1.29 is 29.0 Å². The van der Waals surface area contributed by atoms with Crippen LogP contribution in [0.3, 0.4) is 0 Å². The summed E-state index contributed by atoms with van der Waals surface area (Å²) in [7, 11) is 0. The molecule has 1 aromatic rings. The van der Waals surface area contributed by atoms with Gasteiger partial charge in [-0.1, -0.05) is 60.5 Å². The molecule has 42 heavy (non-hydrogen) atoms. The van der Waals surface area contributed by atoms with E-state index < -0.39 is 41.6 Å². The number of aliphatic hydroxyl groups excluding tert-OH is 1. The smallest absolute Gasteiger partial charge is 0.312 e. The van der Waals surface area contributed by atoms with Gasteiger partial charge in [0.1, 0.15) is 11.6 Å². The molecular weight excluding hydrogens is 600 g/mol. The molecule has 2 amide bonds. The molecule has 1 N–H and O–H groups in total. The highest BCUT2D eigenvalue weighted by Gasteiger charge is 2.77. The van der Waals surface area contributed by atoms with Gasteiger partial charge in [-0.05, 0) is 62.6 Å². The maximum Gasteiger partial charge on any atom is 0.312 e. The van der Waals surface area contributed by atoms with Crippen molar-refractivity contribution in [1.29, 1.82) is 0 Å². The highest BCUT2D eigenvalue weighted by molar-refractivity contribution is 9.09. The van der Waals surface area contributed by atoms with Gasteiger partial charge in [-0.3, -0.25) is 14.4 Å². The molecule has 0 saturated carbocycles. The largest absolute Gasteiger partial charge is 0.465 e. The number of allylic oxidation sites excluding steroid dienone is 1. The number of amides is 2. The molecule has 9 heteroatoms. The van der Waals surface area contributed by atoms with Gasteiger partial charge in [0.2, 0.25) is 5.91 Å². The average Bonchev–Trinajstić information content (AvgIpc) is 3.56. The lowest BCUT2D eigenvalue weighted by Crippen LogP contribution is -2.60. The molecule has 3 aliphatic heterocycles. The van der Waals surface area contributed by atoms with E-state index in [-0.39, 0.29) is 42.3 Å². The van der Waals surface area contributed by atoms with Crippen LogP contribution in [0.25, 0.3) is 0 Å². The van der Waals surface area contributed by atoms with Gasteiger partial charge >= 0.3 is 5.97 Å². The van der Waals surface area contributed by atoms with E-state index in [0.29, 0.717) is 19.3 Å². The predicted molar refractivity (Wildman–Crippen MR) is 166 cm³/mol. The fraction of sp³-hybridized carbons (Fsp3) is 0.606. The fourth-order valence-electron chi connectivity index (χ4n) is 7.04. The number of rotatable bonds is 14. The normalized spacial score (nSPS) is 29.2. The number of hydrogen-bond donors (Lipinski definition) is 1. The lowest BCUT2D eigenvalue weighted by atomic mass is 9.70. The maximum absolute atomic E-state index is 14.9. The first-order valence-corrected chi connectivity index (χ1v) is 16.0. The second-order valence-corrected chi connectivity index (χ2v) is 13.2. The van der Waals surface area contributed by atoms with Crippen LogP contribution in [0.15, 0.2) is 43.5 Å². The Labute approximate surface area is 258 Å². The highest BCUT2D eigenvalue weighted by atomic mass is 79.9. The minimum atomic E-state index is -1.24. The number of hydrogen-bond acceptors (Lipinski definition) is 6. The zero-order valence-corrected chi connectivity index (χ0v) is 26.8. The van der Waals surface area contributed by atoms with Crippen LogP contribution < -0.4 is 4.90 Å². The van der Waals surface area contributed by atoms with Crippen LogP contribution >= 0.6 is 15.9 Å². The number of likely N-dealkylation sites (tertiary alicyclic amines) is 1.